The quantitative estimate of drug-likeness (QED) is 0.451. The zero-order valence-corrected chi connectivity index (χ0v) is 23.3. The van der Waals surface area contributed by atoms with Crippen LogP contribution < -0.4 is 10.6 Å². The van der Waals surface area contributed by atoms with Crippen molar-refractivity contribution in [2.45, 2.75) is 64.1 Å². The number of nitrogens with zero attached hydrogens (tertiary/aromatic N) is 4. The van der Waals surface area contributed by atoms with Gasteiger partial charge in [0.15, 0.2) is 0 Å². The van der Waals surface area contributed by atoms with Crippen molar-refractivity contribution in [2.24, 2.45) is 0 Å². The highest BCUT2D eigenvalue weighted by molar-refractivity contribution is 6.07. The van der Waals surface area contributed by atoms with Crippen LogP contribution in [0.4, 0.5) is 5.69 Å². The summed E-state index contributed by atoms with van der Waals surface area (Å²) in [6, 6.07) is 6.21. The van der Waals surface area contributed by atoms with Crippen LogP contribution in [-0.2, 0) is 17.9 Å². The van der Waals surface area contributed by atoms with E-state index in [4.69, 9.17) is 0 Å². The zero-order chi connectivity index (χ0) is 27.0. The first-order chi connectivity index (χ1) is 19.1. The molecule has 4 heterocycles. The van der Waals surface area contributed by atoms with Gasteiger partial charge in [0.1, 0.15) is 0 Å². The molecule has 1 aliphatic carbocycles. The number of hydrogen-bond donors (Lipinski definition) is 2. The van der Waals surface area contributed by atoms with E-state index in [0.29, 0.717) is 11.3 Å². The Kier molecular flexibility index (Phi) is 9.35. The number of anilines is 1. The first kappa shape index (κ1) is 27.4. The number of nitrogens with one attached hydrogen (secondary N) is 2. The number of carbonyl (C=O) groups is 1. The predicted octanol–water partition coefficient (Wildman–Crippen LogP) is 4.94. The molecule has 2 aromatic heterocycles. The number of pyridine rings is 2. The summed E-state index contributed by atoms with van der Waals surface area (Å²) in [6.45, 7) is 10.6. The fourth-order valence-corrected chi connectivity index (χ4v) is 5.85. The molecule has 7 heteroatoms. The molecule has 0 spiro atoms. The van der Waals surface area contributed by atoms with Crippen molar-refractivity contribution in [3.05, 3.63) is 83.5 Å². The second kappa shape index (κ2) is 13.3. The van der Waals surface area contributed by atoms with Crippen molar-refractivity contribution in [2.75, 3.05) is 38.5 Å². The van der Waals surface area contributed by atoms with Crippen molar-refractivity contribution in [1.82, 2.24) is 25.1 Å². The Morgan fingerprint density at radius 3 is 2.36 bits per heavy atom. The van der Waals surface area contributed by atoms with Crippen LogP contribution in [0.1, 0.15) is 61.8 Å². The van der Waals surface area contributed by atoms with Gasteiger partial charge in [-0.1, -0.05) is 25.5 Å². The van der Waals surface area contributed by atoms with E-state index in [9.17, 15) is 4.79 Å². The third-order valence-electron chi connectivity index (χ3n) is 8.13. The van der Waals surface area contributed by atoms with E-state index in [2.05, 4.69) is 55.2 Å². The molecule has 1 unspecified atom stereocenters. The van der Waals surface area contributed by atoms with Crippen molar-refractivity contribution in [3.63, 3.8) is 0 Å². The number of likely N-dealkylation sites (tertiary alicyclic amines) is 2. The molecule has 1 atom stereocenters. The van der Waals surface area contributed by atoms with Crippen LogP contribution >= 0.6 is 0 Å². The maximum Gasteiger partial charge on any atom is 0.255 e. The van der Waals surface area contributed by atoms with Gasteiger partial charge in [0.2, 0.25) is 0 Å². The lowest BCUT2D eigenvalue weighted by atomic mass is 9.87. The average Bonchev–Trinajstić information content (AvgIpc) is 2.98. The molecule has 2 aromatic rings. The monoisotopic (exact) mass is 526 g/mol. The number of aromatic nitrogens is 2. The Morgan fingerprint density at radius 1 is 0.974 bits per heavy atom. The lowest BCUT2D eigenvalue weighted by Gasteiger charge is -2.27. The summed E-state index contributed by atoms with van der Waals surface area (Å²) in [6.07, 6.45) is 18.5. The van der Waals surface area contributed by atoms with Crippen molar-refractivity contribution in [1.29, 1.82) is 0 Å². The fraction of sp³-hybridized carbons (Fsp3) is 0.469. The van der Waals surface area contributed by atoms with Gasteiger partial charge >= 0.3 is 0 Å². The molecular weight excluding hydrogens is 484 g/mol. The third kappa shape index (κ3) is 7.29. The van der Waals surface area contributed by atoms with Gasteiger partial charge in [-0.3, -0.25) is 24.6 Å². The lowest BCUT2D eigenvalue weighted by molar-refractivity contribution is -0.112. The van der Waals surface area contributed by atoms with E-state index < -0.39 is 0 Å². The molecule has 206 valence electrons. The molecule has 1 amide bonds. The molecule has 0 saturated carbocycles. The highest BCUT2D eigenvalue weighted by Crippen LogP contribution is 2.30. The van der Waals surface area contributed by atoms with E-state index in [1.54, 1.807) is 6.20 Å². The Bertz CT molecular complexity index is 1210. The second-order valence-electron chi connectivity index (χ2n) is 11.1. The highest BCUT2D eigenvalue weighted by atomic mass is 16.1. The van der Waals surface area contributed by atoms with Crippen LogP contribution in [0.25, 0.3) is 5.57 Å². The number of rotatable bonds is 9. The minimum Gasteiger partial charge on any atom is -0.321 e. The average molecular weight is 527 g/mol. The number of carbonyl (C=O) groups excluding carboxylic acids is 1. The molecule has 39 heavy (non-hydrogen) atoms. The molecule has 2 N–H and O–H groups in total. The Balaban J connectivity index is 1.24. The Morgan fingerprint density at radius 2 is 1.69 bits per heavy atom. The van der Waals surface area contributed by atoms with E-state index in [1.807, 2.05) is 31.6 Å². The molecular formula is C32H42N6O. The lowest BCUT2D eigenvalue weighted by Crippen LogP contribution is -2.32. The molecule has 0 bridgehead atoms. The Labute approximate surface area is 233 Å². The van der Waals surface area contributed by atoms with E-state index in [0.717, 1.165) is 68.1 Å². The minimum atomic E-state index is -0.203. The number of amides is 1. The molecule has 3 aliphatic rings. The largest absolute Gasteiger partial charge is 0.321 e. The van der Waals surface area contributed by atoms with Crippen LogP contribution in [0.3, 0.4) is 0 Å². The van der Waals surface area contributed by atoms with E-state index in [-0.39, 0.29) is 11.9 Å². The normalized spacial score (nSPS) is 20.7. The number of hydrogen-bond acceptors (Lipinski definition) is 6. The summed E-state index contributed by atoms with van der Waals surface area (Å²) in [7, 11) is 1.92. The van der Waals surface area contributed by atoms with Crippen molar-refractivity contribution >= 4 is 17.2 Å². The summed E-state index contributed by atoms with van der Waals surface area (Å²) in [5.41, 5.74) is 6.49. The summed E-state index contributed by atoms with van der Waals surface area (Å²) in [4.78, 5) is 27.3. The van der Waals surface area contributed by atoms with Gasteiger partial charge in [-0.05, 0) is 106 Å². The van der Waals surface area contributed by atoms with Gasteiger partial charge in [0, 0.05) is 42.7 Å². The van der Waals surface area contributed by atoms with Gasteiger partial charge in [-0.2, -0.15) is 0 Å². The van der Waals surface area contributed by atoms with Gasteiger partial charge in [0.05, 0.1) is 17.6 Å². The molecule has 0 radical (unpaired) electrons. The SMILES string of the molecule is C=C(C(=O)Nc1ccc(CN2CCCCC2)nc1)C1=CC(c2cncc(CN3CCCCC3)c2)=CCC1NC. The van der Waals surface area contributed by atoms with Crippen LogP contribution in [0.5, 0.6) is 0 Å². The van der Waals surface area contributed by atoms with Gasteiger partial charge in [-0.25, -0.2) is 0 Å². The highest BCUT2D eigenvalue weighted by Gasteiger charge is 2.24. The van der Waals surface area contributed by atoms with Crippen LogP contribution in [0, 0.1) is 0 Å². The molecule has 7 nitrogen and oxygen atoms in total. The summed E-state index contributed by atoms with van der Waals surface area (Å²) in [5, 5.41) is 6.35. The topological polar surface area (TPSA) is 73.4 Å². The fourth-order valence-electron chi connectivity index (χ4n) is 5.85. The molecule has 2 saturated heterocycles. The van der Waals surface area contributed by atoms with Crippen LogP contribution in [0.2, 0.25) is 0 Å². The zero-order valence-electron chi connectivity index (χ0n) is 23.3. The van der Waals surface area contributed by atoms with Gasteiger partial charge in [-0.15, -0.1) is 0 Å². The van der Waals surface area contributed by atoms with Crippen molar-refractivity contribution in [3.8, 4) is 0 Å². The second-order valence-corrected chi connectivity index (χ2v) is 11.1. The van der Waals surface area contributed by atoms with Gasteiger partial charge < -0.3 is 10.6 Å². The number of piperidine rings is 2. The molecule has 5 rings (SSSR count). The summed E-state index contributed by atoms with van der Waals surface area (Å²) < 4.78 is 0. The number of likely N-dealkylation sites (N-methyl/N-ethyl adjacent to an activating group) is 1. The molecule has 2 aliphatic heterocycles. The smallest absolute Gasteiger partial charge is 0.255 e. The van der Waals surface area contributed by atoms with Crippen molar-refractivity contribution < 1.29 is 4.79 Å². The van der Waals surface area contributed by atoms with Gasteiger partial charge in [0.25, 0.3) is 5.91 Å². The van der Waals surface area contributed by atoms with E-state index >= 15 is 0 Å². The first-order valence-corrected chi connectivity index (χ1v) is 14.5. The predicted molar refractivity (Wildman–Crippen MR) is 158 cm³/mol. The minimum absolute atomic E-state index is 0.0292. The maximum absolute atomic E-state index is 13.2. The molecule has 0 aromatic carbocycles. The summed E-state index contributed by atoms with van der Waals surface area (Å²) >= 11 is 0. The number of allylic oxidation sites excluding steroid dienone is 2. The summed E-state index contributed by atoms with van der Waals surface area (Å²) in [5.74, 6) is -0.203. The van der Waals surface area contributed by atoms with Crippen LogP contribution in [0.15, 0.2) is 66.7 Å². The molecule has 2 fully saturated rings. The Hall–Kier alpha value is -3.13. The third-order valence-corrected chi connectivity index (χ3v) is 8.13. The van der Waals surface area contributed by atoms with Crippen LogP contribution in [-0.4, -0.2) is 64.9 Å². The standard InChI is InChI=1S/C32H42N6O/c1-24(32(39)36-28-10-11-29(35-21-28)23-38-15-7-4-8-16-38)30-18-26(9-12-31(30)33-2)27-17-25(19-34-20-27)22-37-13-5-3-6-14-37/h9-11,17-21,31,33H,1,3-8,12-16,22-23H2,2H3,(H,36,39). The van der Waals surface area contributed by atoms with E-state index in [1.165, 1.54) is 44.1 Å². The maximum atomic E-state index is 13.2. The first-order valence-electron chi connectivity index (χ1n) is 14.5.